The smallest absolute Gasteiger partial charge is 0.237 e. The van der Waals surface area contributed by atoms with Gasteiger partial charge in [-0.2, -0.15) is 0 Å². The maximum absolute atomic E-state index is 11.9. The minimum absolute atomic E-state index is 0.0232. The van der Waals surface area contributed by atoms with Gasteiger partial charge in [0.2, 0.25) is 5.91 Å². The third kappa shape index (κ3) is 3.18. The molecule has 4 nitrogen and oxygen atoms in total. The standard InChI is InChI=1S/C11H22N2O2/c1-11(2,15)9-6-5-7-13(9)10(14)8-12(3)4/h9,15H,5-8H2,1-4H3/t9-/m0/s1. The number of carbonyl (C=O) groups excluding carboxylic acids is 1. The predicted molar refractivity (Wildman–Crippen MR) is 59.6 cm³/mol. The Hall–Kier alpha value is -0.610. The fourth-order valence-electron chi connectivity index (χ4n) is 2.16. The molecule has 0 aromatic carbocycles. The number of hydrogen-bond acceptors (Lipinski definition) is 3. The molecule has 15 heavy (non-hydrogen) atoms. The Morgan fingerprint density at radius 2 is 2.13 bits per heavy atom. The van der Waals surface area contributed by atoms with Crippen LogP contribution in [0.15, 0.2) is 0 Å². The number of likely N-dealkylation sites (N-methyl/N-ethyl adjacent to an activating group) is 1. The van der Waals surface area contributed by atoms with Crippen LogP contribution in [0.2, 0.25) is 0 Å². The number of rotatable bonds is 3. The van der Waals surface area contributed by atoms with Gasteiger partial charge in [0.15, 0.2) is 0 Å². The molecular formula is C11H22N2O2. The molecule has 1 fully saturated rings. The lowest BCUT2D eigenvalue weighted by molar-refractivity contribution is -0.137. The van der Waals surface area contributed by atoms with Crippen LogP contribution in [0.3, 0.4) is 0 Å². The molecule has 1 amide bonds. The average molecular weight is 214 g/mol. The number of nitrogens with zero attached hydrogens (tertiary/aromatic N) is 2. The molecule has 1 aliphatic heterocycles. The summed E-state index contributed by atoms with van der Waals surface area (Å²) in [4.78, 5) is 15.6. The number of amides is 1. The third-order valence-corrected chi connectivity index (χ3v) is 2.84. The fourth-order valence-corrected chi connectivity index (χ4v) is 2.16. The van der Waals surface area contributed by atoms with Crippen LogP contribution in [-0.4, -0.2) is 59.6 Å². The summed E-state index contributed by atoms with van der Waals surface area (Å²) in [5, 5.41) is 9.96. The van der Waals surface area contributed by atoms with E-state index in [4.69, 9.17) is 0 Å². The molecular weight excluding hydrogens is 192 g/mol. The van der Waals surface area contributed by atoms with E-state index in [0.29, 0.717) is 6.54 Å². The van der Waals surface area contributed by atoms with E-state index in [-0.39, 0.29) is 11.9 Å². The highest BCUT2D eigenvalue weighted by Crippen LogP contribution is 2.26. The molecule has 0 radical (unpaired) electrons. The van der Waals surface area contributed by atoms with Gasteiger partial charge in [0.25, 0.3) is 0 Å². The highest BCUT2D eigenvalue weighted by atomic mass is 16.3. The Kier molecular flexibility index (Phi) is 3.73. The van der Waals surface area contributed by atoms with Gasteiger partial charge in [-0.25, -0.2) is 0 Å². The van der Waals surface area contributed by atoms with Crippen LogP contribution < -0.4 is 0 Å². The predicted octanol–water partition coefficient (Wildman–Crippen LogP) is 0.310. The topological polar surface area (TPSA) is 43.8 Å². The van der Waals surface area contributed by atoms with Crippen molar-refractivity contribution >= 4 is 5.91 Å². The zero-order valence-electron chi connectivity index (χ0n) is 10.2. The summed E-state index contributed by atoms with van der Waals surface area (Å²) in [6.07, 6.45) is 1.90. The van der Waals surface area contributed by atoms with Crippen LogP contribution in [0.1, 0.15) is 26.7 Å². The van der Waals surface area contributed by atoms with Crippen LogP contribution >= 0.6 is 0 Å². The van der Waals surface area contributed by atoms with Crippen molar-refractivity contribution in [2.75, 3.05) is 27.2 Å². The van der Waals surface area contributed by atoms with Crippen LogP contribution in [0.5, 0.6) is 0 Å². The number of likely N-dealkylation sites (tertiary alicyclic amines) is 1. The molecule has 1 atom stereocenters. The monoisotopic (exact) mass is 214 g/mol. The van der Waals surface area contributed by atoms with Gasteiger partial charge in [0.05, 0.1) is 18.2 Å². The van der Waals surface area contributed by atoms with Crippen molar-refractivity contribution < 1.29 is 9.90 Å². The van der Waals surface area contributed by atoms with Gasteiger partial charge in [-0.1, -0.05) is 0 Å². The van der Waals surface area contributed by atoms with Crippen molar-refractivity contribution in [3.05, 3.63) is 0 Å². The van der Waals surface area contributed by atoms with E-state index in [1.165, 1.54) is 0 Å². The Labute approximate surface area is 91.9 Å². The summed E-state index contributed by atoms with van der Waals surface area (Å²) in [7, 11) is 3.76. The Bertz CT molecular complexity index is 233. The van der Waals surface area contributed by atoms with Crippen molar-refractivity contribution in [2.24, 2.45) is 0 Å². The molecule has 1 aliphatic rings. The molecule has 0 aromatic rings. The normalized spacial score (nSPS) is 22.5. The lowest BCUT2D eigenvalue weighted by Crippen LogP contribution is -2.50. The summed E-state index contributed by atoms with van der Waals surface area (Å²) >= 11 is 0. The first-order chi connectivity index (χ1) is 6.82. The van der Waals surface area contributed by atoms with Crippen molar-refractivity contribution in [2.45, 2.75) is 38.3 Å². The molecule has 0 spiro atoms. The Balaban J connectivity index is 2.64. The molecule has 0 bridgehead atoms. The van der Waals surface area contributed by atoms with Gasteiger partial charge < -0.3 is 14.9 Å². The van der Waals surface area contributed by atoms with Crippen LogP contribution in [-0.2, 0) is 4.79 Å². The van der Waals surface area contributed by atoms with Crippen molar-refractivity contribution in [1.82, 2.24) is 9.80 Å². The van der Waals surface area contributed by atoms with Gasteiger partial charge in [0, 0.05) is 6.54 Å². The second kappa shape index (κ2) is 4.49. The zero-order valence-corrected chi connectivity index (χ0v) is 10.2. The number of hydrogen-bond donors (Lipinski definition) is 1. The van der Waals surface area contributed by atoms with Gasteiger partial charge in [-0.15, -0.1) is 0 Å². The molecule has 1 saturated heterocycles. The maximum Gasteiger partial charge on any atom is 0.237 e. The number of aliphatic hydroxyl groups is 1. The average Bonchev–Trinajstić information content (AvgIpc) is 2.48. The van der Waals surface area contributed by atoms with E-state index >= 15 is 0 Å². The summed E-state index contributed by atoms with van der Waals surface area (Å²) in [5.41, 5.74) is -0.793. The van der Waals surface area contributed by atoms with Crippen LogP contribution in [0, 0.1) is 0 Å². The maximum atomic E-state index is 11.9. The second-order valence-electron chi connectivity index (χ2n) is 5.14. The minimum Gasteiger partial charge on any atom is -0.388 e. The highest BCUT2D eigenvalue weighted by molar-refractivity contribution is 5.79. The van der Waals surface area contributed by atoms with Gasteiger partial charge in [0.1, 0.15) is 0 Å². The van der Waals surface area contributed by atoms with Crippen LogP contribution in [0.4, 0.5) is 0 Å². The molecule has 0 aliphatic carbocycles. The molecule has 0 unspecified atom stereocenters. The Morgan fingerprint density at radius 3 is 2.60 bits per heavy atom. The van der Waals surface area contributed by atoms with E-state index in [0.717, 1.165) is 19.4 Å². The second-order valence-corrected chi connectivity index (χ2v) is 5.14. The van der Waals surface area contributed by atoms with Gasteiger partial charge in [-0.3, -0.25) is 4.79 Å². The lowest BCUT2D eigenvalue weighted by atomic mass is 9.96. The fraction of sp³-hybridized carbons (Fsp3) is 0.909. The highest BCUT2D eigenvalue weighted by Gasteiger charge is 2.38. The zero-order chi connectivity index (χ0) is 11.6. The molecule has 4 heteroatoms. The van der Waals surface area contributed by atoms with E-state index in [9.17, 15) is 9.90 Å². The first kappa shape index (κ1) is 12.5. The summed E-state index contributed by atoms with van der Waals surface area (Å²) in [6, 6.07) is -0.0232. The largest absolute Gasteiger partial charge is 0.388 e. The molecule has 1 rings (SSSR count). The van der Waals surface area contributed by atoms with Gasteiger partial charge >= 0.3 is 0 Å². The first-order valence-corrected chi connectivity index (χ1v) is 5.49. The first-order valence-electron chi connectivity index (χ1n) is 5.49. The summed E-state index contributed by atoms with van der Waals surface area (Å²) in [6.45, 7) is 4.76. The van der Waals surface area contributed by atoms with E-state index in [2.05, 4.69) is 0 Å². The molecule has 1 heterocycles. The summed E-state index contributed by atoms with van der Waals surface area (Å²) < 4.78 is 0. The van der Waals surface area contributed by atoms with E-state index in [1.54, 1.807) is 13.8 Å². The van der Waals surface area contributed by atoms with E-state index < -0.39 is 5.60 Å². The minimum atomic E-state index is -0.793. The lowest BCUT2D eigenvalue weighted by Gasteiger charge is -2.34. The van der Waals surface area contributed by atoms with E-state index in [1.807, 2.05) is 23.9 Å². The summed E-state index contributed by atoms with van der Waals surface area (Å²) in [5.74, 6) is 0.115. The van der Waals surface area contributed by atoms with Crippen LogP contribution in [0.25, 0.3) is 0 Å². The Morgan fingerprint density at radius 1 is 1.53 bits per heavy atom. The third-order valence-electron chi connectivity index (χ3n) is 2.84. The molecule has 0 saturated carbocycles. The SMILES string of the molecule is CN(C)CC(=O)N1CCC[C@H]1C(C)(C)O. The quantitative estimate of drug-likeness (QED) is 0.735. The van der Waals surface area contributed by atoms with Gasteiger partial charge in [-0.05, 0) is 40.8 Å². The van der Waals surface area contributed by atoms with Crippen molar-refractivity contribution in [1.29, 1.82) is 0 Å². The van der Waals surface area contributed by atoms with Crippen molar-refractivity contribution in [3.63, 3.8) is 0 Å². The van der Waals surface area contributed by atoms with Crippen molar-refractivity contribution in [3.8, 4) is 0 Å². The number of carbonyl (C=O) groups is 1. The molecule has 88 valence electrons. The molecule has 1 N–H and O–H groups in total. The molecule has 0 aromatic heterocycles.